The molecular formula is C14H19ClN2O3S. The van der Waals surface area contributed by atoms with Crippen LogP contribution in [0.4, 0.5) is 0 Å². The highest BCUT2D eigenvalue weighted by molar-refractivity contribution is 7.89. The first-order valence-corrected chi connectivity index (χ1v) is 8.83. The Morgan fingerprint density at radius 2 is 1.71 bits per heavy atom. The molecule has 2 rings (SSSR count). The smallest absolute Gasteiger partial charge is 0.243 e. The first-order valence-electron chi connectivity index (χ1n) is 6.85. The first kappa shape index (κ1) is 16.3. The van der Waals surface area contributed by atoms with Crippen LogP contribution in [0.2, 0.25) is 0 Å². The van der Waals surface area contributed by atoms with Crippen molar-refractivity contribution in [1.29, 1.82) is 0 Å². The van der Waals surface area contributed by atoms with Gasteiger partial charge in [0.1, 0.15) is 0 Å². The van der Waals surface area contributed by atoms with E-state index >= 15 is 0 Å². The summed E-state index contributed by atoms with van der Waals surface area (Å²) in [6.45, 7) is 3.06. The number of hydrogen-bond acceptors (Lipinski definition) is 3. The number of hydrogen-bond donors (Lipinski definition) is 0. The fourth-order valence-electron chi connectivity index (χ4n) is 2.33. The number of alkyl halides is 1. The lowest BCUT2D eigenvalue weighted by molar-refractivity contribution is -0.129. The van der Waals surface area contributed by atoms with Crippen LogP contribution in [-0.4, -0.2) is 55.6 Å². The van der Waals surface area contributed by atoms with E-state index in [0.29, 0.717) is 32.1 Å². The van der Waals surface area contributed by atoms with Gasteiger partial charge >= 0.3 is 0 Å². The minimum Gasteiger partial charge on any atom is -0.340 e. The van der Waals surface area contributed by atoms with Gasteiger partial charge in [0.2, 0.25) is 15.9 Å². The summed E-state index contributed by atoms with van der Waals surface area (Å²) in [6.07, 6.45) is 0.721. The van der Waals surface area contributed by atoms with Crippen LogP contribution in [0.25, 0.3) is 0 Å². The van der Waals surface area contributed by atoms with Crippen molar-refractivity contribution in [2.75, 3.05) is 32.1 Å². The van der Waals surface area contributed by atoms with Crippen molar-refractivity contribution >= 4 is 27.5 Å². The summed E-state index contributed by atoms with van der Waals surface area (Å²) in [7, 11) is -3.48. The van der Waals surface area contributed by atoms with Gasteiger partial charge in [0, 0.05) is 39.0 Å². The lowest BCUT2D eigenvalue weighted by Gasteiger charge is -2.33. The molecule has 0 aromatic heterocycles. The number of aryl methyl sites for hydroxylation is 1. The van der Waals surface area contributed by atoms with Crippen molar-refractivity contribution in [1.82, 2.24) is 9.21 Å². The number of carbonyl (C=O) groups is 1. The number of amides is 1. The summed E-state index contributed by atoms with van der Waals surface area (Å²) in [5.74, 6) is 0.497. The van der Waals surface area contributed by atoms with Gasteiger partial charge in [-0.05, 0) is 24.1 Å². The molecule has 0 bridgehead atoms. The quantitative estimate of drug-likeness (QED) is 0.782. The van der Waals surface area contributed by atoms with Crippen molar-refractivity contribution in [2.45, 2.75) is 18.2 Å². The van der Waals surface area contributed by atoms with Crippen LogP contribution in [0.3, 0.4) is 0 Å². The largest absolute Gasteiger partial charge is 0.340 e. The number of nitrogens with zero attached hydrogens (tertiary/aromatic N) is 2. The molecule has 1 heterocycles. The van der Waals surface area contributed by atoms with Crippen molar-refractivity contribution in [2.24, 2.45) is 0 Å². The predicted molar refractivity (Wildman–Crippen MR) is 81.9 cm³/mol. The Morgan fingerprint density at radius 3 is 2.19 bits per heavy atom. The molecule has 0 aliphatic carbocycles. The average molecular weight is 331 g/mol. The van der Waals surface area contributed by atoms with Gasteiger partial charge in [-0.2, -0.15) is 4.31 Å². The molecule has 0 atom stereocenters. The molecule has 21 heavy (non-hydrogen) atoms. The molecule has 0 N–H and O–H groups in total. The molecule has 0 unspecified atom stereocenters. The maximum Gasteiger partial charge on any atom is 0.243 e. The summed E-state index contributed by atoms with van der Waals surface area (Å²) in [4.78, 5) is 13.2. The van der Waals surface area contributed by atoms with E-state index in [0.717, 1.165) is 12.0 Å². The normalized spacial score (nSPS) is 17.0. The van der Waals surface area contributed by atoms with Crippen LogP contribution >= 0.6 is 11.6 Å². The Labute approximate surface area is 130 Å². The van der Waals surface area contributed by atoms with Crippen molar-refractivity contribution < 1.29 is 13.2 Å². The fraction of sp³-hybridized carbons (Fsp3) is 0.500. The lowest BCUT2D eigenvalue weighted by atomic mass is 10.2. The zero-order valence-electron chi connectivity index (χ0n) is 12.0. The Morgan fingerprint density at radius 1 is 1.14 bits per heavy atom. The Bertz CT molecular complexity index is 593. The lowest BCUT2D eigenvalue weighted by Crippen LogP contribution is -2.49. The van der Waals surface area contributed by atoms with Crippen molar-refractivity contribution in [3.05, 3.63) is 29.8 Å². The van der Waals surface area contributed by atoms with E-state index in [2.05, 4.69) is 0 Å². The number of rotatable bonds is 4. The van der Waals surface area contributed by atoms with E-state index in [-0.39, 0.29) is 10.8 Å². The number of piperazine rings is 1. The second-order valence-corrected chi connectivity index (χ2v) is 7.31. The average Bonchev–Trinajstić information content (AvgIpc) is 2.48. The topological polar surface area (TPSA) is 57.7 Å². The third-order valence-electron chi connectivity index (χ3n) is 3.63. The van der Waals surface area contributed by atoms with E-state index in [1.807, 2.05) is 0 Å². The highest BCUT2D eigenvalue weighted by Gasteiger charge is 2.29. The summed E-state index contributed by atoms with van der Waals surface area (Å²) < 4.78 is 26.5. The van der Waals surface area contributed by atoms with E-state index in [1.54, 1.807) is 29.2 Å². The summed E-state index contributed by atoms with van der Waals surface area (Å²) in [5, 5.41) is 0. The van der Waals surface area contributed by atoms with Gasteiger partial charge in [-0.1, -0.05) is 12.1 Å². The minimum atomic E-state index is -3.48. The molecule has 1 fully saturated rings. The Hall–Kier alpha value is -1.11. The number of sulfonamides is 1. The van der Waals surface area contributed by atoms with Gasteiger partial charge in [0.25, 0.3) is 0 Å². The van der Waals surface area contributed by atoms with E-state index in [1.165, 1.54) is 11.2 Å². The zero-order chi connectivity index (χ0) is 15.5. The van der Waals surface area contributed by atoms with Gasteiger partial charge in [0.15, 0.2) is 0 Å². The monoisotopic (exact) mass is 330 g/mol. The van der Waals surface area contributed by atoms with Crippen LogP contribution in [0.15, 0.2) is 29.2 Å². The summed E-state index contributed by atoms with van der Waals surface area (Å²) >= 11 is 5.67. The molecule has 1 saturated heterocycles. The molecule has 1 amide bonds. The maximum atomic E-state index is 12.5. The molecule has 116 valence electrons. The minimum absolute atomic E-state index is 0.0162. The van der Waals surface area contributed by atoms with E-state index in [9.17, 15) is 13.2 Å². The number of carbonyl (C=O) groups excluding carboxylic acids is 1. The van der Waals surface area contributed by atoms with Crippen LogP contribution in [0, 0.1) is 0 Å². The van der Waals surface area contributed by atoms with Gasteiger partial charge in [-0.3, -0.25) is 4.79 Å². The molecule has 7 heteroatoms. The fourth-order valence-corrected chi connectivity index (χ4v) is 3.97. The van der Waals surface area contributed by atoms with Crippen molar-refractivity contribution in [3.8, 4) is 0 Å². The third kappa shape index (κ3) is 3.75. The molecule has 1 aromatic carbocycles. The predicted octanol–water partition coefficient (Wildman–Crippen LogP) is 1.32. The van der Waals surface area contributed by atoms with Crippen LogP contribution in [0.5, 0.6) is 0 Å². The number of benzene rings is 1. The highest BCUT2D eigenvalue weighted by atomic mass is 35.5. The highest BCUT2D eigenvalue weighted by Crippen LogP contribution is 2.18. The summed E-state index contributed by atoms with van der Waals surface area (Å²) in [6, 6.07) is 6.82. The number of halogens is 1. The first-order chi connectivity index (χ1) is 9.95. The standard InChI is InChI=1S/C14H19ClN2O3S/c1-12(18)16-8-10-17(11-9-16)21(19,20)14-4-2-13(3-5-14)6-7-15/h2-5H,6-11H2,1H3. The van der Waals surface area contributed by atoms with Crippen LogP contribution < -0.4 is 0 Å². The molecule has 1 aromatic rings. The van der Waals surface area contributed by atoms with Gasteiger partial charge < -0.3 is 4.90 Å². The van der Waals surface area contributed by atoms with Gasteiger partial charge in [-0.25, -0.2) is 8.42 Å². The maximum absolute atomic E-state index is 12.5. The molecule has 0 saturated carbocycles. The molecule has 1 aliphatic heterocycles. The Balaban J connectivity index is 2.10. The van der Waals surface area contributed by atoms with Crippen LogP contribution in [0.1, 0.15) is 12.5 Å². The molecular weight excluding hydrogens is 312 g/mol. The van der Waals surface area contributed by atoms with Crippen molar-refractivity contribution in [3.63, 3.8) is 0 Å². The second kappa shape index (κ2) is 6.77. The summed E-state index contributed by atoms with van der Waals surface area (Å²) in [5.41, 5.74) is 1.02. The molecule has 1 aliphatic rings. The van der Waals surface area contributed by atoms with E-state index in [4.69, 9.17) is 11.6 Å². The molecule has 0 radical (unpaired) electrons. The van der Waals surface area contributed by atoms with Gasteiger partial charge in [-0.15, -0.1) is 11.6 Å². The third-order valence-corrected chi connectivity index (χ3v) is 5.73. The van der Waals surface area contributed by atoms with Crippen LogP contribution in [-0.2, 0) is 21.2 Å². The second-order valence-electron chi connectivity index (χ2n) is 4.99. The van der Waals surface area contributed by atoms with Gasteiger partial charge in [0.05, 0.1) is 4.90 Å². The Kier molecular flexibility index (Phi) is 5.24. The molecule has 0 spiro atoms. The van der Waals surface area contributed by atoms with E-state index < -0.39 is 10.0 Å². The zero-order valence-corrected chi connectivity index (χ0v) is 13.5. The SMILES string of the molecule is CC(=O)N1CCN(S(=O)(=O)c2ccc(CCCl)cc2)CC1. The molecule has 5 nitrogen and oxygen atoms in total.